The summed E-state index contributed by atoms with van der Waals surface area (Å²) in [7, 11) is 0. The predicted molar refractivity (Wildman–Crippen MR) is 133 cm³/mol. The number of hydrogen-bond acceptors (Lipinski definition) is 6. The second-order valence-corrected chi connectivity index (χ2v) is 9.06. The number of piperidine rings is 1. The van der Waals surface area contributed by atoms with E-state index >= 15 is 0 Å². The highest BCUT2D eigenvalue weighted by atomic mass is 19.1. The molecule has 1 atom stereocenters. The van der Waals surface area contributed by atoms with Crippen LogP contribution in [0, 0.1) is 11.7 Å². The predicted octanol–water partition coefficient (Wildman–Crippen LogP) is 3.57. The van der Waals surface area contributed by atoms with E-state index in [-0.39, 0.29) is 29.7 Å². The monoisotopic (exact) mass is 489 g/mol. The average molecular weight is 490 g/mol. The van der Waals surface area contributed by atoms with Crippen LogP contribution in [0.5, 0.6) is 5.75 Å². The topological polar surface area (TPSA) is 87.7 Å². The number of hydrogen-bond donors (Lipinski definition) is 1. The maximum absolute atomic E-state index is 13.3. The highest BCUT2D eigenvalue weighted by Gasteiger charge is 2.30. The molecule has 186 valence electrons. The molecule has 9 heteroatoms. The Balaban J connectivity index is 1.22. The molecule has 0 saturated carbocycles. The number of likely N-dealkylation sites (tertiary alicyclic amines) is 1. The summed E-state index contributed by atoms with van der Waals surface area (Å²) in [6.45, 7) is 2.62. The van der Waals surface area contributed by atoms with Gasteiger partial charge in [0.2, 0.25) is 5.91 Å². The van der Waals surface area contributed by atoms with E-state index < -0.39 is 0 Å². The third-order valence-corrected chi connectivity index (χ3v) is 6.64. The van der Waals surface area contributed by atoms with Crippen molar-refractivity contribution in [1.82, 2.24) is 20.4 Å². The van der Waals surface area contributed by atoms with Crippen LogP contribution in [-0.2, 0) is 4.79 Å². The van der Waals surface area contributed by atoms with E-state index in [0.717, 1.165) is 13.0 Å². The van der Waals surface area contributed by atoms with Crippen LogP contribution >= 0.6 is 0 Å². The van der Waals surface area contributed by atoms with Gasteiger partial charge in [0.05, 0.1) is 11.6 Å². The molecule has 0 unspecified atom stereocenters. The Kier molecular flexibility index (Phi) is 7.18. The molecule has 3 aromatic rings. The molecule has 8 nitrogen and oxygen atoms in total. The van der Waals surface area contributed by atoms with Crippen LogP contribution in [0.25, 0.3) is 0 Å². The first-order chi connectivity index (χ1) is 17.6. The normalized spacial score (nSPS) is 18.1. The third-order valence-electron chi connectivity index (χ3n) is 6.64. The fourth-order valence-corrected chi connectivity index (χ4v) is 4.65. The second kappa shape index (κ2) is 10.8. The van der Waals surface area contributed by atoms with Gasteiger partial charge in [0, 0.05) is 44.2 Å². The van der Waals surface area contributed by atoms with Crippen LogP contribution < -0.4 is 15.0 Å². The number of nitrogens with zero attached hydrogens (tertiary/aromatic N) is 4. The van der Waals surface area contributed by atoms with Crippen LogP contribution in [0.4, 0.5) is 15.9 Å². The van der Waals surface area contributed by atoms with E-state index in [1.807, 2.05) is 24.3 Å². The number of benzene rings is 2. The van der Waals surface area contributed by atoms with Crippen LogP contribution in [0.3, 0.4) is 0 Å². The average Bonchev–Trinajstić information content (AvgIpc) is 3.46. The Morgan fingerprint density at radius 2 is 1.75 bits per heavy atom. The lowest BCUT2D eigenvalue weighted by molar-refractivity contribution is -0.121. The SMILES string of the molecule is O=C(c1ccc(F)cc1)N1CCC(Oc2ccc(N(C(=O)[C@H]3CCNC3)c3cccnn3)cc2)CC1. The van der Waals surface area contributed by atoms with Crippen molar-refractivity contribution < 1.29 is 18.7 Å². The number of ether oxygens (including phenoxy) is 1. The molecule has 0 bridgehead atoms. The molecule has 2 fully saturated rings. The lowest BCUT2D eigenvalue weighted by Crippen LogP contribution is -2.41. The summed E-state index contributed by atoms with van der Waals surface area (Å²) < 4.78 is 19.3. The maximum Gasteiger partial charge on any atom is 0.253 e. The molecule has 2 amide bonds. The van der Waals surface area contributed by atoms with Crippen LogP contribution in [0.15, 0.2) is 66.9 Å². The zero-order chi connectivity index (χ0) is 24.9. The molecular weight excluding hydrogens is 461 g/mol. The largest absolute Gasteiger partial charge is 0.490 e. The Labute approximate surface area is 209 Å². The highest BCUT2D eigenvalue weighted by Crippen LogP contribution is 2.29. The maximum atomic E-state index is 13.3. The van der Waals surface area contributed by atoms with E-state index in [2.05, 4.69) is 15.5 Å². The summed E-state index contributed by atoms with van der Waals surface area (Å²) in [5.41, 5.74) is 1.20. The van der Waals surface area contributed by atoms with Gasteiger partial charge < -0.3 is 15.0 Å². The molecular formula is C27H28FN5O3. The van der Waals surface area contributed by atoms with Crippen LogP contribution in [-0.4, -0.2) is 59.2 Å². The first-order valence-corrected chi connectivity index (χ1v) is 12.2. The standard InChI is InChI=1S/C27H28FN5O3/c28-21-5-3-19(4-6-21)26(34)32-16-12-24(13-17-32)36-23-9-7-22(8-10-23)33(25-2-1-14-30-31-25)27(35)20-11-15-29-18-20/h1-10,14,20,24,29H,11-13,15-18H2/t20-/m0/s1. The van der Waals surface area contributed by atoms with Crippen LogP contribution in [0.1, 0.15) is 29.6 Å². The molecule has 2 aliphatic heterocycles. The lowest BCUT2D eigenvalue weighted by Gasteiger charge is -2.32. The van der Waals surface area contributed by atoms with Gasteiger partial charge in [-0.05, 0) is 73.6 Å². The second-order valence-electron chi connectivity index (χ2n) is 9.06. The van der Waals surface area contributed by atoms with Crippen molar-refractivity contribution in [2.45, 2.75) is 25.4 Å². The molecule has 3 heterocycles. The van der Waals surface area contributed by atoms with E-state index in [1.54, 1.807) is 28.1 Å². The molecule has 36 heavy (non-hydrogen) atoms. The number of nitrogens with one attached hydrogen (secondary N) is 1. The summed E-state index contributed by atoms with van der Waals surface area (Å²) in [5, 5.41) is 11.4. The van der Waals surface area contributed by atoms with Crippen molar-refractivity contribution in [2.75, 3.05) is 31.1 Å². The first-order valence-electron chi connectivity index (χ1n) is 12.2. The van der Waals surface area contributed by atoms with Crippen molar-refractivity contribution in [3.63, 3.8) is 0 Å². The molecule has 0 spiro atoms. The lowest BCUT2D eigenvalue weighted by atomic mass is 10.1. The number of anilines is 2. The van der Waals surface area contributed by atoms with Gasteiger partial charge in [-0.1, -0.05) is 0 Å². The van der Waals surface area contributed by atoms with Gasteiger partial charge >= 0.3 is 0 Å². The number of carbonyl (C=O) groups is 2. The molecule has 1 aromatic heterocycles. The smallest absolute Gasteiger partial charge is 0.253 e. The minimum absolute atomic E-state index is 0.00707. The number of carbonyl (C=O) groups excluding carboxylic acids is 2. The zero-order valence-corrected chi connectivity index (χ0v) is 19.8. The van der Waals surface area contributed by atoms with Gasteiger partial charge in [0.15, 0.2) is 5.82 Å². The van der Waals surface area contributed by atoms with E-state index in [4.69, 9.17) is 4.74 Å². The number of amides is 2. The minimum Gasteiger partial charge on any atom is -0.490 e. The molecule has 2 aromatic carbocycles. The zero-order valence-electron chi connectivity index (χ0n) is 19.8. The quantitative estimate of drug-likeness (QED) is 0.570. The van der Waals surface area contributed by atoms with Gasteiger partial charge in [-0.25, -0.2) is 4.39 Å². The number of aromatic nitrogens is 2. The first kappa shape index (κ1) is 23.9. The fourth-order valence-electron chi connectivity index (χ4n) is 4.65. The molecule has 5 rings (SSSR count). The van der Waals surface area contributed by atoms with Crippen LogP contribution in [0.2, 0.25) is 0 Å². The van der Waals surface area contributed by atoms with Gasteiger partial charge in [0.1, 0.15) is 17.7 Å². The van der Waals surface area contributed by atoms with Gasteiger partial charge in [-0.2, -0.15) is 5.10 Å². The van der Waals surface area contributed by atoms with E-state index in [9.17, 15) is 14.0 Å². The summed E-state index contributed by atoms with van der Waals surface area (Å²) in [6, 6.07) is 16.6. The Hall–Kier alpha value is -3.85. The van der Waals surface area contributed by atoms with Crippen molar-refractivity contribution in [2.24, 2.45) is 5.92 Å². The van der Waals surface area contributed by atoms with E-state index in [1.165, 1.54) is 24.3 Å². The van der Waals surface area contributed by atoms with Gasteiger partial charge in [-0.15, -0.1) is 5.10 Å². The van der Waals surface area contributed by atoms with Crippen molar-refractivity contribution >= 4 is 23.3 Å². The summed E-state index contributed by atoms with van der Waals surface area (Å²) in [4.78, 5) is 29.3. The Morgan fingerprint density at radius 1 is 1.00 bits per heavy atom. The number of halogens is 1. The van der Waals surface area contributed by atoms with Gasteiger partial charge in [-0.3, -0.25) is 14.5 Å². The summed E-state index contributed by atoms with van der Waals surface area (Å²) in [6.07, 6.45) is 3.76. The van der Waals surface area contributed by atoms with Crippen molar-refractivity contribution in [1.29, 1.82) is 0 Å². The van der Waals surface area contributed by atoms with Crippen molar-refractivity contribution in [3.8, 4) is 5.75 Å². The van der Waals surface area contributed by atoms with Gasteiger partial charge in [0.25, 0.3) is 5.91 Å². The number of rotatable bonds is 6. The molecule has 2 aliphatic rings. The fraction of sp³-hybridized carbons (Fsp3) is 0.333. The summed E-state index contributed by atoms with van der Waals surface area (Å²) in [5.74, 6) is 0.629. The Morgan fingerprint density at radius 3 is 2.39 bits per heavy atom. The third kappa shape index (κ3) is 5.36. The van der Waals surface area contributed by atoms with Crippen molar-refractivity contribution in [3.05, 3.63) is 78.2 Å². The highest BCUT2D eigenvalue weighted by molar-refractivity contribution is 6.01. The Bertz CT molecular complexity index is 1180. The molecule has 0 aliphatic carbocycles. The molecule has 0 radical (unpaired) electrons. The summed E-state index contributed by atoms with van der Waals surface area (Å²) >= 11 is 0. The minimum atomic E-state index is -0.357. The molecule has 1 N–H and O–H groups in total. The van der Waals surface area contributed by atoms with E-state index in [0.29, 0.717) is 55.3 Å². The molecule has 2 saturated heterocycles.